The van der Waals surface area contributed by atoms with Gasteiger partial charge in [0, 0.05) is 23.4 Å². The van der Waals surface area contributed by atoms with Crippen LogP contribution in [0.3, 0.4) is 0 Å². The molecule has 1 aromatic carbocycles. The van der Waals surface area contributed by atoms with Crippen molar-refractivity contribution in [1.82, 2.24) is 4.98 Å². The zero-order valence-corrected chi connectivity index (χ0v) is 9.81. The van der Waals surface area contributed by atoms with Crippen molar-refractivity contribution >= 4 is 5.69 Å². The topological polar surface area (TPSA) is 57.4 Å². The van der Waals surface area contributed by atoms with Gasteiger partial charge in [-0.2, -0.15) is 0 Å². The molecule has 0 spiro atoms. The molecule has 0 aliphatic rings. The Bertz CT molecular complexity index is 527. The van der Waals surface area contributed by atoms with E-state index < -0.39 is 0 Å². The number of aromatic nitrogens is 1. The van der Waals surface area contributed by atoms with Crippen molar-refractivity contribution in [3.8, 4) is 22.6 Å². The second-order valence-electron chi connectivity index (χ2n) is 3.53. The summed E-state index contributed by atoms with van der Waals surface area (Å²) < 4.78 is 10.5. The van der Waals surface area contributed by atoms with E-state index in [1.54, 1.807) is 26.6 Å². The highest BCUT2D eigenvalue weighted by molar-refractivity contribution is 5.80. The van der Waals surface area contributed by atoms with Gasteiger partial charge in [0.15, 0.2) is 0 Å². The predicted molar refractivity (Wildman–Crippen MR) is 67.2 cm³/mol. The number of hydrogen-bond donors (Lipinski definition) is 1. The van der Waals surface area contributed by atoms with Gasteiger partial charge in [-0.25, -0.2) is 0 Å². The Hall–Kier alpha value is -2.23. The third kappa shape index (κ3) is 2.15. The molecular weight excluding hydrogens is 216 g/mol. The summed E-state index contributed by atoms with van der Waals surface area (Å²) in [6.45, 7) is 0. The highest BCUT2D eigenvalue weighted by Crippen LogP contribution is 2.35. The van der Waals surface area contributed by atoms with Crippen LogP contribution in [0.1, 0.15) is 0 Å². The number of hydrogen-bond acceptors (Lipinski definition) is 4. The summed E-state index contributed by atoms with van der Waals surface area (Å²) in [6.07, 6.45) is 3.33. The van der Waals surface area contributed by atoms with Gasteiger partial charge >= 0.3 is 0 Å². The number of rotatable bonds is 3. The molecule has 4 nitrogen and oxygen atoms in total. The molecule has 88 valence electrons. The van der Waals surface area contributed by atoms with Crippen LogP contribution in [0, 0.1) is 0 Å². The van der Waals surface area contributed by atoms with Crippen molar-refractivity contribution in [2.75, 3.05) is 20.0 Å². The Labute approximate surface area is 100 Å². The van der Waals surface area contributed by atoms with Crippen LogP contribution < -0.4 is 15.2 Å². The van der Waals surface area contributed by atoms with Crippen LogP contribution >= 0.6 is 0 Å². The molecule has 0 radical (unpaired) electrons. The number of methoxy groups -OCH3 is 2. The van der Waals surface area contributed by atoms with E-state index in [0.29, 0.717) is 5.69 Å². The molecular formula is C13H14N2O2. The monoisotopic (exact) mass is 230 g/mol. The second-order valence-corrected chi connectivity index (χ2v) is 3.53. The molecule has 0 saturated heterocycles. The van der Waals surface area contributed by atoms with E-state index in [1.807, 2.05) is 24.3 Å². The van der Waals surface area contributed by atoms with Crippen molar-refractivity contribution in [2.24, 2.45) is 0 Å². The fourth-order valence-corrected chi connectivity index (χ4v) is 1.67. The lowest BCUT2D eigenvalue weighted by molar-refractivity contribution is 0.395. The van der Waals surface area contributed by atoms with Crippen LogP contribution in [0.15, 0.2) is 36.7 Å². The maximum Gasteiger partial charge on any atom is 0.130 e. The Morgan fingerprint density at radius 2 is 1.88 bits per heavy atom. The van der Waals surface area contributed by atoms with Crippen LogP contribution in [0.4, 0.5) is 5.69 Å². The molecule has 17 heavy (non-hydrogen) atoms. The molecule has 0 fully saturated rings. The first kappa shape index (κ1) is 11.3. The van der Waals surface area contributed by atoms with Crippen LogP contribution in [-0.2, 0) is 0 Å². The third-order valence-electron chi connectivity index (χ3n) is 2.55. The Morgan fingerprint density at radius 3 is 2.53 bits per heavy atom. The van der Waals surface area contributed by atoms with Gasteiger partial charge in [-0.05, 0) is 18.2 Å². The van der Waals surface area contributed by atoms with E-state index in [4.69, 9.17) is 15.2 Å². The molecule has 0 unspecified atom stereocenters. The minimum atomic E-state index is 0.621. The van der Waals surface area contributed by atoms with Crippen molar-refractivity contribution < 1.29 is 9.47 Å². The molecule has 0 atom stereocenters. The molecule has 2 rings (SSSR count). The number of benzene rings is 1. The molecule has 1 heterocycles. The number of anilines is 1. The first-order chi connectivity index (χ1) is 8.26. The highest BCUT2D eigenvalue weighted by atomic mass is 16.5. The zero-order valence-electron chi connectivity index (χ0n) is 9.81. The van der Waals surface area contributed by atoms with Gasteiger partial charge in [-0.15, -0.1) is 0 Å². The number of nitrogens with zero attached hydrogens (tertiary/aromatic N) is 1. The average molecular weight is 230 g/mol. The van der Waals surface area contributed by atoms with Gasteiger partial charge in [0.25, 0.3) is 0 Å². The van der Waals surface area contributed by atoms with E-state index in [1.165, 1.54) is 0 Å². The molecule has 0 saturated carbocycles. The molecule has 2 aromatic rings. The van der Waals surface area contributed by atoms with Crippen LogP contribution in [-0.4, -0.2) is 19.2 Å². The Balaban J connectivity index is 2.56. The average Bonchev–Trinajstić information content (AvgIpc) is 2.38. The number of nitrogens with two attached hydrogens (primary N) is 1. The Morgan fingerprint density at radius 1 is 1.06 bits per heavy atom. The lowest BCUT2D eigenvalue weighted by atomic mass is 10.0. The van der Waals surface area contributed by atoms with E-state index in [0.717, 1.165) is 22.6 Å². The van der Waals surface area contributed by atoms with Crippen LogP contribution in [0.5, 0.6) is 11.5 Å². The highest BCUT2D eigenvalue weighted by Gasteiger charge is 2.09. The standard InChI is InChI=1S/C13H14N2O2/c1-16-9-3-4-11(13(7-9)17-2)10-5-6-15-8-12(10)14/h3-8H,14H2,1-2H3. The van der Waals surface area contributed by atoms with E-state index >= 15 is 0 Å². The quantitative estimate of drug-likeness (QED) is 0.879. The maximum atomic E-state index is 5.90. The van der Waals surface area contributed by atoms with Gasteiger partial charge in [0.05, 0.1) is 26.1 Å². The minimum absolute atomic E-state index is 0.621. The van der Waals surface area contributed by atoms with Crippen molar-refractivity contribution in [3.63, 3.8) is 0 Å². The maximum absolute atomic E-state index is 5.90. The number of nitrogen functional groups attached to an aromatic ring is 1. The van der Waals surface area contributed by atoms with Crippen molar-refractivity contribution in [1.29, 1.82) is 0 Å². The fraction of sp³-hybridized carbons (Fsp3) is 0.154. The number of ether oxygens (including phenoxy) is 2. The summed E-state index contributed by atoms with van der Waals surface area (Å²) in [4.78, 5) is 3.97. The summed E-state index contributed by atoms with van der Waals surface area (Å²) in [5.41, 5.74) is 8.35. The normalized spacial score (nSPS) is 10.0. The van der Waals surface area contributed by atoms with Gasteiger partial charge in [-0.3, -0.25) is 4.98 Å². The summed E-state index contributed by atoms with van der Waals surface area (Å²) in [5.74, 6) is 1.47. The van der Waals surface area contributed by atoms with Gasteiger partial charge in [0.2, 0.25) is 0 Å². The van der Waals surface area contributed by atoms with Crippen molar-refractivity contribution in [2.45, 2.75) is 0 Å². The fourth-order valence-electron chi connectivity index (χ4n) is 1.67. The SMILES string of the molecule is COc1ccc(-c2ccncc2N)c(OC)c1. The van der Waals surface area contributed by atoms with Gasteiger partial charge in [0.1, 0.15) is 11.5 Å². The Kier molecular flexibility index (Phi) is 3.14. The molecule has 4 heteroatoms. The molecule has 0 aliphatic carbocycles. The van der Waals surface area contributed by atoms with Crippen LogP contribution in [0.25, 0.3) is 11.1 Å². The summed E-state index contributed by atoms with van der Waals surface area (Å²) in [7, 11) is 3.24. The first-order valence-electron chi connectivity index (χ1n) is 5.18. The lowest BCUT2D eigenvalue weighted by Crippen LogP contribution is -1.94. The summed E-state index contributed by atoms with van der Waals surface area (Å²) in [6, 6.07) is 7.48. The van der Waals surface area contributed by atoms with Crippen LogP contribution in [0.2, 0.25) is 0 Å². The molecule has 1 aromatic heterocycles. The van der Waals surface area contributed by atoms with Crippen molar-refractivity contribution in [3.05, 3.63) is 36.7 Å². The van der Waals surface area contributed by atoms with E-state index in [2.05, 4.69) is 4.98 Å². The summed E-state index contributed by atoms with van der Waals surface area (Å²) in [5, 5.41) is 0. The van der Waals surface area contributed by atoms with E-state index in [9.17, 15) is 0 Å². The minimum Gasteiger partial charge on any atom is -0.497 e. The smallest absolute Gasteiger partial charge is 0.130 e. The molecule has 2 N–H and O–H groups in total. The second kappa shape index (κ2) is 4.74. The predicted octanol–water partition coefficient (Wildman–Crippen LogP) is 2.35. The molecule has 0 bridgehead atoms. The first-order valence-corrected chi connectivity index (χ1v) is 5.18. The lowest BCUT2D eigenvalue weighted by Gasteiger charge is -2.11. The molecule has 0 amide bonds. The zero-order chi connectivity index (χ0) is 12.3. The van der Waals surface area contributed by atoms with Gasteiger partial charge in [-0.1, -0.05) is 0 Å². The largest absolute Gasteiger partial charge is 0.497 e. The summed E-state index contributed by atoms with van der Waals surface area (Å²) >= 11 is 0. The third-order valence-corrected chi connectivity index (χ3v) is 2.55. The van der Waals surface area contributed by atoms with Gasteiger partial charge < -0.3 is 15.2 Å². The number of pyridine rings is 1. The molecule has 0 aliphatic heterocycles. The van der Waals surface area contributed by atoms with E-state index in [-0.39, 0.29) is 0 Å².